The maximum Gasteiger partial charge on any atom is 0.428 e. The van der Waals surface area contributed by atoms with Crippen LogP contribution in [0.1, 0.15) is 25.7 Å². The quantitative estimate of drug-likeness (QED) is 0.0381. The van der Waals surface area contributed by atoms with Crippen LogP contribution in [0.3, 0.4) is 0 Å². The molecule has 2 aliphatic heterocycles. The molecule has 0 spiro atoms. The highest BCUT2D eigenvalue weighted by Gasteiger charge is 2.58. The van der Waals surface area contributed by atoms with Gasteiger partial charge in [0, 0.05) is 12.8 Å². The van der Waals surface area contributed by atoms with Crippen LogP contribution in [0.2, 0.25) is 0 Å². The number of ether oxygens (including phenoxy) is 2. The van der Waals surface area contributed by atoms with Gasteiger partial charge in [0.05, 0.1) is 0 Å². The Kier molecular flexibility index (Phi) is 16.0. The summed E-state index contributed by atoms with van der Waals surface area (Å²) in [5, 5.41) is 0. The molecule has 428 valence electrons. The number of hydrogen-bond acceptors (Lipinski definition) is 2. The lowest BCUT2D eigenvalue weighted by Gasteiger charge is -2.35. The Morgan fingerprint density at radius 2 is 0.325 bits per heavy atom. The fourth-order valence-corrected chi connectivity index (χ4v) is 8.62. The van der Waals surface area contributed by atoms with E-state index in [1.54, 1.807) is 0 Å². The molecule has 2 fully saturated rings. The standard InChI is InChI=1S/2C22H6BF15O2/c2*24-8-5(9(25)15(31)20(36)14(8)30)23(40-4-2-1-3-39-4,6-10(26)16(32)21(37)17(33)11(6)27)7-12(28)18(34)22(38)19(35)13(7)29/h2*1-3H2. The molecule has 0 unspecified atom stereocenters. The van der Waals surface area contributed by atoms with Gasteiger partial charge in [0.1, 0.15) is 82.6 Å². The predicted molar refractivity (Wildman–Crippen MR) is 207 cm³/mol. The highest BCUT2D eigenvalue weighted by molar-refractivity contribution is 7.06. The van der Waals surface area contributed by atoms with Crippen LogP contribution in [0, 0.1) is 175 Å². The van der Waals surface area contributed by atoms with Crippen molar-refractivity contribution in [1.82, 2.24) is 0 Å². The molecular formula is C44H12B2F30O4. The molecule has 6 aromatic rings. The third-order valence-electron chi connectivity index (χ3n) is 12.1. The first-order valence-corrected chi connectivity index (χ1v) is 21.0. The van der Waals surface area contributed by atoms with Crippen molar-refractivity contribution in [2.75, 3.05) is 13.2 Å². The molecule has 6 aromatic carbocycles. The Bertz CT molecular complexity index is 2950. The third kappa shape index (κ3) is 8.76. The van der Waals surface area contributed by atoms with Crippen molar-refractivity contribution < 1.29 is 150 Å². The van der Waals surface area contributed by atoms with Crippen LogP contribution in [0.5, 0.6) is 0 Å². The Morgan fingerprint density at radius 3 is 0.438 bits per heavy atom. The Hall–Kier alpha value is -7.71. The summed E-state index contributed by atoms with van der Waals surface area (Å²) in [5.41, 5.74) is -17.1. The van der Waals surface area contributed by atoms with Gasteiger partial charge in [-0.25, -0.2) is 132 Å². The van der Waals surface area contributed by atoms with Crippen molar-refractivity contribution in [1.29, 1.82) is 0 Å². The highest BCUT2D eigenvalue weighted by atomic mass is 19.2. The molecule has 0 atom stereocenters. The first-order valence-electron chi connectivity index (χ1n) is 21.0. The van der Waals surface area contributed by atoms with Gasteiger partial charge in [-0.2, -0.15) is 0 Å². The second-order valence-corrected chi connectivity index (χ2v) is 16.4. The van der Waals surface area contributed by atoms with Gasteiger partial charge in [0.2, 0.25) is 0 Å². The van der Waals surface area contributed by atoms with E-state index in [9.17, 15) is 79.0 Å². The van der Waals surface area contributed by atoms with Crippen LogP contribution in [0.25, 0.3) is 0 Å². The van der Waals surface area contributed by atoms with Crippen molar-refractivity contribution in [3.63, 3.8) is 0 Å². The monoisotopic (exact) mass is 1200 g/mol. The predicted octanol–water partition coefficient (Wildman–Crippen LogP) is 9.23. The average molecular weight is 1200 g/mol. The normalized spacial score (nSPS) is 14.8. The molecule has 0 aromatic heterocycles. The first kappa shape index (κ1) is 59.9. The summed E-state index contributed by atoms with van der Waals surface area (Å²) in [4.78, 5) is 0. The summed E-state index contributed by atoms with van der Waals surface area (Å²) in [5.74, 6) is -95.6. The summed E-state index contributed by atoms with van der Waals surface area (Å²) in [7, 11) is 0. The average Bonchev–Trinajstić information content (AvgIpc) is 4.09. The van der Waals surface area contributed by atoms with E-state index in [0.717, 1.165) is 0 Å². The SMILES string of the molecule is Fc1c(F)c(F)c([B-]([O+]=C2CCCO2)(c2c(F)c(F)c(F)c(F)c2F)c2c(F)c(F)c(F)c(F)c2F)c(F)c1F.Fc1c(F)c(F)c([B-]([O+]=C2CCCO2)(c2c(F)c(F)c(F)c(F)c2F)c2c(F)c(F)c(F)c(F)c2F)c(F)c1F. The first-order chi connectivity index (χ1) is 37.2. The fourth-order valence-electron chi connectivity index (χ4n) is 8.62. The zero-order valence-electron chi connectivity index (χ0n) is 37.4. The summed E-state index contributed by atoms with van der Waals surface area (Å²) in [6, 6.07) is 0. The molecule has 0 bridgehead atoms. The summed E-state index contributed by atoms with van der Waals surface area (Å²) < 4.78 is 456. The number of rotatable bonds is 8. The van der Waals surface area contributed by atoms with Gasteiger partial charge in [-0.15, -0.1) is 0 Å². The van der Waals surface area contributed by atoms with Gasteiger partial charge >= 0.3 is 24.6 Å². The second kappa shape index (κ2) is 21.4. The second-order valence-electron chi connectivity index (χ2n) is 16.4. The Labute approximate surface area is 420 Å². The van der Waals surface area contributed by atoms with Crippen LogP contribution in [-0.4, -0.2) is 37.8 Å². The minimum absolute atomic E-state index is 0.188. The molecule has 0 saturated carbocycles. The molecule has 0 aliphatic carbocycles. The smallest absolute Gasteiger partial charge is 0.428 e. The molecule has 2 saturated heterocycles. The lowest BCUT2D eigenvalue weighted by Crippen LogP contribution is -2.74. The molecule has 36 heteroatoms. The number of benzene rings is 6. The van der Waals surface area contributed by atoms with E-state index in [4.69, 9.17) is 18.2 Å². The largest absolute Gasteiger partial charge is 0.564 e. The van der Waals surface area contributed by atoms with Gasteiger partial charge in [-0.1, -0.05) is 0 Å². The lowest BCUT2D eigenvalue weighted by atomic mass is 9.27. The molecule has 80 heavy (non-hydrogen) atoms. The van der Waals surface area contributed by atoms with Gasteiger partial charge in [-0.05, 0) is 32.8 Å². The van der Waals surface area contributed by atoms with E-state index in [0.29, 0.717) is 0 Å². The zero-order chi connectivity index (χ0) is 60.0. The van der Waals surface area contributed by atoms with E-state index < -0.39 is 258 Å². The minimum atomic E-state index is -6.09. The highest BCUT2D eigenvalue weighted by Crippen LogP contribution is 2.31. The molecule has 0 radical (unpaired) electrons. The number of esters is 2. The van der Waals surface area contributed by atoms with Crippen molar-refractivity contribution in [3.8, 4) is 0 Å². The van der Waals surface area contributed by atoms with E-state index in [-0.39, 0.29) is 12.8 Å². The summed E-state index contributed by atoms with van der Waals surface area (Å²) in [6.07, 6.45) is -13.9. The van der Waals surface area contributed by atoms with Crippen LogP contribution >= 0.6 is 0 Å². The zero-order valence-corrected chi connectivity index (χ0v) is 37.4. The number of cyclic esters (lactones) is 2. The topological polar surface area (TPSA) is 41.1 Å². The number of halogens is 30. The maximum absolute atomic E-state index is 15.2. The maximum atomic E-state index is 15.2. The minimum Gasteiger partial charge on any atom is -0.564 e. The van der Waals surface area contributed by atoms with E-state index in [2.05, 4.69) is 0 Å². The van der Waals surface area contributed by atoms with Gasteiger partial charge in [0.15, 0.2) is 118 Å². The summed E-state index contributed by atoms with van der Waals surface area (Å²) >= 11 is 0. The van der Waals surface area contributed by atoms with Crippen molar-refractivity contribution in [2.24, 2.45) is 0 Å². The molecule has 0 N–H and O–H groups in total. The van der Waals surface area contributed by atoms with E-state index in [1.165, 1.54) is 0 Å². The number of carbonyl (C=O) groups excluding carboxylic acids is 2. The number of hydrogen-bond donors (Lipinski definition) is 0. The molecule has 2 heterocycles. The van der Waals surface area contributed by atoms with Crippen molar-refractivity contribution in [2.45, 2.75) is 25.7 Å². The van der Waals surface area contributed by atoms with Gasteiger partial charge < -0.3 is 18.2 Å². The van der Waals surface area contributed by atoms with Gasteiger partial charge in [0.25, 0.3) is 0 Å². The fraction of sp³-hybridized carbons (Fsp3) is 0.136. The molecule has 4 nitrogen and oxygen atoms in total. The van der Waals surface area contributed by atoms with Crippen LogP contribution in [0.15, 0.2) is 0 Å². The Morgan fingerprint density at radius 1 is 0.200 bits per heavy atom. The van der Waals surface area contributed by atoms with Crippen molar-refractivity contribution >= 4 is 57.4 Å². The molecule has 8 rings (SSSR count). The molecule has 2 aliphatic rings. The van der Waals surface area contributed by atoms with Crippen LogP contribution in [-0.2, 0) is 18.2 Å². The van der Waals surface area contributed by atoms with Gasteiger partial charge in [-0.3, -0.25) is 0 Å². The Balaban J connectivity index is 0.000000231. The molecule has 0 amide bonds. The van der Waals surface area contributed by atoms with Crippen LogP contribution in [0.4, 0.5) is 132 Å². The van der Waals surface area contributed by atoms with Crippen molar-refractivity contribution in [3.05, 3.63) is 175 Å². The third-order valence-corrected chi connectivity index (χ3v) is 12.1. The summed E-state index contributed by atoms with van der Waals surface area (Å²) in [6.45, 7) is -0.931. The van der Waals surface area contributed by atoms with Crippen LogP contribution < -0.4 is 32.8 Å². The van der Waals surface area contributed by atoms with E-state index in [1.807, 2.05) is 0 Å². The van der Waals surface area contributed by atoms with E-state index >= 15 is 52.7 Å². The molecular weight excluding hydrogens is 1180 g/mol. The lowest BCUT2D eigenvalue weighted by molar-refractivity contribution is -0.313.